The van der Waals surface area contributed by atoms with Crippen LogP contribution in [-0.4, -0.2) is 24.5 Å². The molecule has 1 unspecified atom stereocenters. The van der Waals surface area contributed by atoms with Crippen LogP contribution in [0.4, 0.5) is 0 Å². The maximum absolute atomic E-state index is 10.4. The molecule has 0 saturated carbocycles. The van der Waals surface area contributed by atoms with Gasteiger partial charge in [0, 0.05) is 0 Å². The summed E-state index contributed by atoms with van der Waals surface area (Å²) < 4.78 is 36.4. The average Bonchev–Trinajstić information content (AvgIpc) is 1.43. The minimum atomic E-state index is -5.46. The first kappa shape index (κ1) is 44.4. The van der Waals surface area contributed by atoms with Gasteiger partial charge in [0.05, 0.1) is 0 Å². The van der Waals surface area contributed by atoms with E-state index in [9.17, 15) is 13.7 Å². The van der Waals surface area contributed by atoms with E-state index in [2.05, 4.69) is 8.62 Å². The second-order valence-electron chi connectivity index (χ2n) is 1.61. The zero-order valence-corrected chi connectivity index (χ0v) is 25.4. The summed E-state index contributed by atoms with van der Waals surface area (Å²) >= 11 is 0. The standard InChI is InChI=1S/5Na.H5O10P3.H3P.5H/c;;;;;1-11(2,3)9-13(7,8)10-12(4,5)6;;;;;;/h;;;;;(H,7,8)(H2,1,2,3)(H2,4,5,6);1H3;;;;;/q5*+1;;;5*-1. The van der Waals surface area contributed by atoms with Crippen molar-refractivity contribution in [2.24, 2.45) is 0 Å². The van der Waals surface area contributed by atoms with E-state index in [-0.39, 0.29) is 165 Å². The van der Waals surface area contributed by atoms with E-state index >= 15 is 0 Å². The molecule has 98 valence electrons. The van der Waals surface area contributed by atoms with Crippen molar-refractivity contribution in [3.8, 4) is 0 Å². The smallest absolute Gasteiger partial charge is 1.00 e. The Morgan fingerprint density at radius 3 is 0.895 bits per heavy atom. The first-order chi connectivity index (χ1) is 5.41. The Bertz CT molecular complexity index is 308. The van der Waals surface area contributed by atoms with Crippen molar-refractivity contribution in [2.45, 2.75) is 0 Å². The SMILES string of the molecule is O=P(O)(O)OP(=O)(O)OP(=O)(O)O.P.[H-].[H-].[H-].[H-].[H-].[Na+].[Na+].[Na+].[Na+].[Na+]. The third kappa shape index (κ3) is 35.7. The molecule has 1 atom stereocenters. The molecule has 0 aromatic heterocycles. The van der Waals surface area contributed by atoms with Crippen LogP contribution in [0.1, 0.15) is 7.13 Å². The molecule has 19 heavy (non-hydrogen) atoms. The molecule has 0 rings (SSSR count). The number of phosphoric acid groups is 3. The summed E-state index contributed by atoms with van der Waals surface area (Å²) in [5.41, 5.74) is 0. The maximum atomic E-state index is 10.4. The molecular weight excluding hydrogens is 399 g/mol. The summed E-state index contributed by atoms with van der Waals surface area (Å²) in [6.07, 6.45) is 0. The molecule has 0 saturated heterocycles. The molecule has 5 N–H and O–H groups in total. The van der Waals surface area contributed by atoms with Crippen LogP contribution in [0.5, 0.6) is 0 Å². The van der Waals surface area contributed by atoms with E-state index < -0.39 is 23.5 Å². The fourth-order valence-electron chi connectivity index (χ4n) is 0.284. The van der Waals surface area contributed by atoms with Crippen LogP contribution < -0.4 is 148 Å². The second kappa shape index (κ2) is 18.6. The van der Waals surface area contributed by atoms with E-state index in [1.807, 2.05) is 0 Å². The van der Waals surface area contributed by atoms with E-state index in [0.717, 1.165) is 0 Å². The summed E-state index contributed by atoms with van der Waals surface area (Å²) in [7, 11) is -16.2. The largest absolute Gasteiger partial charge is 1.00 e. The summed E-state index contributed by atoms with van der Waals surface area (Å²) in [6, 6.07) is 0. The van der Waals surface area contributed by atoms with Crippen LogP contribution in [0.3, 0.4) is 0 Å². The molecule has 0 aromatic carbocycles. The quantitative estimate of drug-likeness (QED) is 0.221. The Kier molecular flexibility index (Phi) is 43.5. The van der Waals surface area contributed by atoms with Crippen LogP contribution in [0.15, 0.2) is 0 Å². The van der Waals surface area contributed by atoms with Crippen molar-refractivity contribution in [1.82, 2.24) is 0 Å². The van der Waals surface area contributed by atoms with Crippen molar-refractivity contribution in [3.63, 3.8) is 0 Å². The number of hydrogen-bond acceptors (Lipinski definition) is 5. The molecular formula is H13Na5O10P4. The predicted octanol–water partition coefficient (Wildman–Crippen LogP) is -15.1. The summed E-state index contributed by atoms with van der Waals surface area (Å²) in [5, 5.41) is 0. The van der Waals surface area contributed by atoms with Crippen molar-refractivity contribution in [2.75, 3.05) is 0 Å². The van der Waals surface area contributed by atoms with Gasteiger partial charge in [-0.25, -0.2) is 13.7 Å². The van der Waals surface area contributed by atoms with E-state index in [1.54, 1.807) is 0 Å². The van der Waals surface area contributed by atoms with Gasteiger partial charge < -0.3 is 31.6 Å². The van der Waals surface area contributed by atoms with Crippen molar-refractivity contribution < 1.29 is 202 Å². The molecule has 0 heterocycles. The normalized spacial score (nSPS) is 9.95. The molecule has 0 amide bonds. The minimum Gasteiger partial charge on any atom is -1.00 e. The zero-order chi connectivity index (χ0) is 10.9. The van der Waals surface area contributed by atoms with Gasteiger partial charge in [-0.2, -0.15) is 18.5 Å². The fraction of sp³-hybridized carbons (Fsp3) is 0. The Hall–Kier alpha value is 5.84. The minimum absolute atomic E-state index is 0. The molecule has 0 aliphatic heterocycles. The first-order valence-corrected chi connectivity index (χ1v) is 6.83. The van der Waals surface area contributed by atoms with E-state index in [1.165, 1.54) is 0 Å². The van der Waals surface area contributed by atoms with Gasteiger partial charge in [-0.1, -0.05) is 0 Å². The van der Waals surface area contributed by atoms with Gasteiger partial charge in [0.25, 0.3) is 0 Å². The third-order valence-electron chi connectivity index (χ3n) is 0.419. The maximum Gasteiger partial charge on any atom is 1.00 e. The molecule has 0 bridgehead atoms. The van der Waals surface area contributed by atoms with Crippen molar-refractivity contribution in [1.29, 1.82) is 0 Å². The van der Waals surface area contributed by atoms with Crippen LogP contribution in [0.25, 0.3) is 0 Å². The van der Waals surface area contributed by atoms with Crippen molar-refractivity contribution >= 4 is 33.4 Å². The molecule has 10 nitrogen and oxygen atoms in total. The van der Waals surface area contributed by atoms with Crippen LogP contribution in [0.2, 0.25) is 0 Å². The fourth-order valence-corrected chi connectivity index (χ4v) is 2.82. The van der Waals surface area contributed by atoms with Gasteiger partial charge in [0.1, 0.15) is 0 Å². The molecule has 0 aliphatic rings. The molecule has 0 aliphatic carbocycles. The predicted molar refractivity (Wildman–Crippen MR) is 52.7 cm³/mol. The summed E-state index contributed by atoms with van der Waals surface area (Å²) in [5.74, 6) is 0. The zero-order valence-electron chi connectivity index (χ0n) is 16.3. The van der Waals surface area contributed by atoms with Gasteiger partial charge >= 0.3 is 171 Å². The topological polar surface area (TPSA) is 171 Å². The molecule has 0 spiro atoms. The van der Waals surface area contributed by atoms with Crippen LogP contribution in [0, 0.1) is 0 Å². The first-order valence-electron chi connectivity index (χ1n) is 2.28. The van der Waals surface area contributed by atoms with Crippen molar-refractivity contribution in [3.05, 3.63) is 0 Å². The van der Waals surface area contributed by atoms with Gasteiger partial charge in [-0.15, -0.1) is 0 Å². The van der Waals surface area contributed by atoms with Gasteiger partial charge in [0.2, 0.25) is 0 Å². The van der Waals surface area contributed by atoms with Gasteiger partial charge in [0.15, 0.2) is 0 Å². The molecule has 0 radical (unpaired) electrons. The Morgan fingerprint density at radius 2 is 0.789 bits per heavy atom. The number of rotatable bonds is 4. The third-order valence-corrected chi connectivity index (χ3v) is 3.77. The Balaban J connectivity index is -0.0000000131. The van der Waals surface area contributed by atoms with Crippen LogP contribution >= 0.6 is 33.4 Å². The average molecular weight is 412 g/mol. The van der Waals surface area contributed by atoms with E-state index in [0.29, 0.717) is 0 Å². The molecule has 19 heteroatoms. The monoisotopic (exact) mass is 412 g/mol. The summed E-state index contributed by atoms with van der Waals surface area (Å²) in [6.45, 7) is 0. The molecule has 0 aromatic rings. The Labute approximate surface area is 230 Å². The van der Waals surface area contributed by atoms with Gasteiger partial charge in [-0.05, 0) is 0 Å². The molecule has 0 fully saturated rings. The van der Waals surface area contributed by atoms with Crippen LogP contribution in [-0.2, 0) is 22.3 Å². The second-order valence-corrected chi connectivity index (χ2v) is 5.82. The Morgan fingerprint density at radius 1 is 0.632 bits per heavy atom. The summed E-state index contributed by atoms with van der Waals surface area (Å²) in [4.78, 5) is 40.2. The number of hydrogen-bond donors (Lipinski definition) is 5. The van der Waals surface area contributed by atoms with Gasteiger partial charge in [-0.3, -0.25) is 0 Å². The van der Waals surface area contributed by atoms with E-state index in [4.69, 9.17) is 24.5 Å².